The van der Waals surface area contributed by atoms with Crippen LogP contribution in [0.15, 0.2) is 55.1 Å². The number of methoxy groups -OCH3 is 1. The molecule has 0 amide bonds. The molecule has 0 saturated carbocycles. The molecular weight excluding hydrogens is 408 g/mol. The Morgan fingerprint density at radius 3 is 2.12 bits per heavy atom. The van der Waals surface area contributed by atoms with E-state index >= 15 is 0 Å². The Hall–Kier alpha value is -3.28. The van der Waals surface area contributed by atoms with E-state index in [9.17, 15) is 9.59 Å². The zero-order valence-electron chi connectivity index (χ0n) is 18.9. The highest BCUT2D eigenvalue weighted by Gasteiger charge is 2.11. The van der Waals surface area contributed by atoms with Crippen molar-refractivity contribution < 1.29 is 28.5 Å². The molecule has 2 aromatic carbocycles. The Labute approximate surface area is 190 Å². The number of hydrogen-bond donors (Lipinski definition) is 0. The topological polar surface area (TPSA) is 71.1 Å². The second-order valence-corrected chi connectivity index (χ2v) is 7.39. The summed E-state index contributed by atoms with van der Waals surface area (Å²) in [4.78, 5) is 23.3. The van der Waals surface area contributed by atoms with Gasteiger partial charge in [-0.3, -0.25) is 0 Å². The minimum Gasteiger partial charge on any atom is -0.497 e. The lowest BCUT2D eigenvalue weighted by Gasteiger charge is -2.10. The van der Waals surface area contributed by atoms with Gasteiger partial charge in [-0.1, -0.05) is 32.3 Å². The Morgan fingerprint density at radius 1 is 0.875 bits per heavy atom. The molecule has 0 aliphatic heterocycles. The van der Waals surface area contributed by atoms with Crippen molar-refractivity contribution in [2.75, 3.05) is 20.3 Å². The maximum absolute atomic E-state index is 12.4. The van der Waals surface area contributed by atoms with E-state index in [0.29, 0.717) is 24.5 Å². The summed E-state index contributed by atoms with van der Waals surface area (Å²) in [6.07, 6.45) is 7.37. The summed E-state index contributed by atoms with van der Waals surface area (Å²) in [5, 5.41) is 0. The van der Waals surface area contributed by atoms with Gasteiger partial charge in [0.15, 0.2) is 0 Å². The van der Waals surface area contributed by atoms with Crippen molar-refractivity contribution in [2.24, 2.45) is 0 Å². The largest absolute Gasteiger partial charge is 0.497 e. The molecule has 0 unspecified atom stereocenters. The summed E-state index contributed by atoms with van der Waals surface area (Å²) < 4.78 is 21.3. The molecule has 2 aromatic rings. The monoisotopic (exact) mass is 440 g/mol. The number of ether oxygens (including phenoxy) is 4. The van der Waals surface area contributed by atoms with Crippen molar-refractivity contribution in [2.45, 2.75) is 45.4 Å². The summed E-state index contributed by atoms with van der Waals surface area (Å²) >= 11 is 0. The van der Waals surface area contributed by atoms with Crippen LogP contribution in [-0.2, 0) is 9.53 Å². The SMILES string of the molecule is C=CC(=O)OCCCCCCCCOc1ccc(C(=O)Oc2ccc(OC)cc2C)cc1. The lowest BCUT2D eigenvalue weighted by atomic mass is 10.1. The zero-order chi connectivity index (χ0) is 23.2. The van der Waals surface area contributed by atoms with E-state index in [4.69, 9.17) is 18.9 Å². The van der Waals surface area contributed by atoms with Gasteiger partial charge in [0.2, 0.25) is 0 Å². The van der Waals surface area contributed by atoms with Gasteiger partial charge in [-0.05, 0) is 67.8 Å². The van der Waals surface area contributed by atoms with Crippen molar-refractivity contribution in [1.82, 2.24) is 0 Å². The van der Waals surface area contributed by atoms with E-state index in [2.05, 4.69) is 6.58 Å². The predicted octanol–water partition coefficient (Wildman–Crippen LogP) is 5.67. The van der Waals surface area contributed by atoms with E-state index in [1.807, 2.05) is 13.0 Å². The number of benzene rings is 2. The molecule has 6 nitrogen and oxygen atoms in total. The third-order valence-electron chi connectivity index (χ3n) is 4.89. The van der Waals surface area contributed by atoms with Crippen LogP contribution in [-0.4, -0.2) is 32.3 Å². The fourth-order valence-corrected chi connectivity index (χ4v) is 3.04. The van der Waals surface area contributed by atoms with Crippen LogP contribution >= 0.6 is 0 Å². The highest BCUT2D eigenvalue weighted by molar-refractivity contribution is 5.91. The molecule has 0 heterocycles. The molecule has 0 saturated heterocycles. The molecule has 32 heavy (non-hydrogen) atoms. The molecule has 0 fully saturated rings. The number of hydrogen-bond acceptors (Lipinski definition) is 6. The molecule has 0 aliphatic carbocycles. The molecule has 0 atom stereocenters. The average molecular weight is 441 g/mol. The first-order chi connectivity index (χ1) is 15.5. The second-order valence-electron chi connectivity index (χ2n) is 7.39. The number of aryl methyl sites for hydroxylation is 1. The fourth-order valence-electron chi connectivity index (χ4n) is 3.04. The molecular formula is C26H32O6. The normalized spacial score (nSPS) is 10.3. The summed E-state index contributed by atoms with van der Waals surface area (Å²) in [6, 6.07) is 12.3. The first-order valence-corrected chi connectivity index (χ1v) is 10.9. The summed E-state index contributed by atoms with van der Waals surface area (Å²) in [6.45, 7) is 6.31. The lowest BCUT2D eigenvalue weighted by Crippen LogP contribution is -2.09. The smallest absolute Gasteiger partial charge is 0.343 e. The Morgan fingerprint density at radius 2 is 1.50 bits per heavy atom. The van der Waals surface area contributed by atoms with E-state index in [1.165, 1.54) is 6.08 Å². The van der Waals surface area contributed by atoms with Gasteiger partial charge in [0.1, 0.15) is 17.2 Å². The standard InChI is InChI=1S/C26H32O6/c1-4-25(27)31-18-10-8-6-5-7-9-17-30-22-13-11-21(12-14-22)26(28)32-24-16-15-23(29-3)19-20(24)2/h4,11-16,19H,1,5-10,17-18H2,2-3H3. The van der Waals surface area contributed by atoms with Gasteiger partial charge >= 0.3 is 11.9 Å². The summed E-state index contributed by atoms with van der Waals surface area (Å²) in [7, 11) is 1.60. The molecule has 0 N–H and O–H groups in total. The minimum atomic E-state index is -0.413. The molecule has 0 aromatic heterocycles. The van der Waals surface area contributed by atoms with Crippen molar-refractivity contribution >= 4 is 11.9 Å². The maximum atomic E-state index is 12.4. The van der Waals surface area contributed by atoms with Crippen LogP contribution in [0.2, 0.25) is 0 Å². The van der Waals surface area contributed by atoms with E-state index in [-0.39, 0.29) is 5.97 Å². The van der Waals surface area contributed by atoms with Gasteiger partial charge in [-0.15, -0.1) is 0 Å². The van der Waals surface area contributed by atoms with Crippen LogP contribution in [0, 0.1) is 6.92 Å². The minimum absolute atomic E-state index is 0.362. The number of unbranched alkanes of at least 4 members (excludes halogenated alkanes) is 5. The number of esters is 2. The molecule has 172 valence electrons. The van der Waals surface area contributed by atoms with Crippen molar-refractivity contribution in [3.63, 3.8) is 0 Å². The quantitative estimate of drug-likeness (QED) is 0.163. The summed E-state index contributed by atoms with van der Waals surface area (Å²) in [5.41, 5.74) is 1.29. The van der Waals surface area contributed by atoms with E-state index in [1.54, 1.807) is 43.5 Å². The van der Waals surface area contributed by atoms with Crippen molar-refractivity contribution in [3.8, 4) is 17.2 Å². The van der Waals surface area contributed by atoms with Crippen LogP contribution < -0.4 is 14.2 Å². The molecule has 0 spiro atoms. The fraction of sp³-hybridized carbons (Fsp3) is 0.385. The van der Waals surface area contributed by atoms with Crippen LogP contribution in [0.1, 0.15) is 54.4 Å². The van der Waals surface area contributed by atoms with Crippen LogP contribution in [0.25, 0.3) is 0 Å². The highest BCUT2D eigenvalue weighted by atomic mass is 16.5. The molecule has 0 aliphatic rings. The van der Waals surface area contributed by atoms with Gasteiger partial charge in [-0.25, -0.2) is 9.59 Å². The van der Waals surface area contributed by atoms with Crippen LogP contribution in [0.4, 0.5) is 0 Å². The third kappa shape index (κ3) is 8.84. The van der Waals surface area contributed by atoms with Crippen molar-refractivity contribution in [1.29, 1.82) is 0 Å². The Bertz CT molecular complexity index is 872. The molecule has 0 radical (unpaired) electrons. The predicted molar refractivity (Wildman–Crippen MR) is 123 cm³/mol. The number of carbonyl (C=O) groups is 2. The average Bonchev–Trinajstić information content (AvgIpc) is 2.81. The second kappa shape index (κ2) is 13.9. The Kier molecular flexibility index (Phi) is 10.9. The Balaban J connectivity index is 1.62. The van der Waals surface area contributed by atoms with E-state index in [0.717, 1.165) is 55.6 Å². The van der Waals surface area contributed by atoms with Gasteiger partial charge in [0, 0.05) is 6.08 Å². The van der Waals surface area contributed by atoms with Gasteiger partial charge in [0.05, 0.1) is 25.9 Å². The van der Waals surface area contributed by atoms with E-state index < -0.39 is 5.97 Å². The van der Waals surface area contributed by atoms with Gasteiger partial charge < -0.3 is 18.9 Å². The maximum Gasteiger partial charge on any atom is 0.343 e. The first kappa shape index (κ1) is 25.0. The van der Waals surface area contributed by atoms with Gasteiger partial charge in [0.25, 0.3) is 0 Å². The molecule has 2 rings (SSSR count). The van der Waals surface area contributed by atoms with Gasteiger partial charge in [-0.2, -0.15) is 0 Å². The first-order valence-electron chi connectivity index (χ1n) is 10.9. The van der Waals surface area contributed by atoms with Crippen molar-refractivity contribution in [3.05, 3.63) is 66.2 Å². The van der Waals surface area contributed by atoms with Crippen LogP contribution in [0.5, 0.6) is 17.2 Å². The number of rotatable bonds is 14. The lowest BCUT2D eigenvalue weighted by molar-refractivity contribution is -0.137. The molecule has 0 bridgehead atoms. The molecule has 6 heteroatoms. The summed E-state index contributed by atoms with van der Waals surface area (Å²) in [5.74, 6) is 1.18. The zero-order valence-corrected chi connectivity index (χ0v) is 18.9. The highest BCUT2D eigenvalue weighted by Crippen LogP contribution is 2.24. The third-order valence-corrected chi connectivity index (χ3v) is 4.89. The number of carbonyl (C=O) groups excluding carboxylic acids is 2. The van der Waals surface area contributed by atoms with Crippen LogP contribution in [0.3, 0.4) is 0 Å².